The fraction of sp³-hybridized carbons (Fsp3) is 0.714. The molecule has 2 rings (SSSR count). The molecule has 96 valence electrons. The maximum Gasteiger partial charge on any atom is 0.135 e. The van der Waals surface area contributed by atoms with E-state index in [1.165, 1.54) is 19.3 Å². The van der Waals surface area contributed by atoms with E-state index < -0.39 is 0 Å². The Kier molecular flexibility index (Phi) is 4.69. The predicted octanol–water partition coefficient (Wildman–Crippen LogP) is 4.52. The first-order chi connectivity index (χ1) is 8.24. The summed E-state index contributed by atoms with van der Waals surface area (Å²) in [6.07, 6.45) is 6.97. The Morgan fingerprint density at radius 3 is 2.88 bits per heavy atom. The summed E-state index contributed by atoms with van der Waals surface area (Å²) in [6.45, 7) is 5.63. The van der Waals surface area contributed by atoms with Gasteiger partial charge in [-0.05, 0) is 53.2 Å². The minimum absolute atomic E-state index is 0.372. The summed E-state index contributed by atoms with van der Waals surface area (Å²) < 4.78 is 6.78. The van der Waals surface area contributed by atoms with Gasteiger partial charge in [-0.1, -0.05) is 26.7 Å². The summed E-state index contributed by atoms with van der Waals surface area (Å²) in [7, 11) is 0. The number of hydrogen-bond acceptors (Lipinski definition) is 2. The summed E-state index contributed by atoms with van der Waals surface area (Å²) in [5.41, 5.74) is 0. The first-order valence-electron chi connectivity index (χ1n) is 6.70. The summed E-state index contributed by atoms with van der Waals surface area (Å²) in [6, 6.07) is 2.37. The van der Waals surface area contributed by atoms with Crippen LogP contribution >= 0.6 is 15.9 Å². The molecule has 1 fully saturated rings. The lowest BCUT2D eigenvalue weighted by Gasteiger charge is -2.26. The fourth-order valence-electron chi connectivity index (χ4n) is 2.94. The molecule has 1 aromatic rings. The number of halogens is 1. The number of hydrogen-bond donors (Lipinski definition) is 1. The predicted molar refractivity (Wildman–Crippen MR) is 73.9 cm³/mol. The second kappa shape index (κ2) is 6.05. The molecule has 0 spiro atoms. The third kappa shape index (κ3) is 2.94. The van der Waals surface area contributed by atoms with Crippen molar-refractivity contribution in [2.24, 2.45) is 11.8 Å². The van der Waals surface area contributed by atoms with Gasteiger partial charge in [0.25, 0.3) is 0 Å². The lowest BCUT2D eigenvalue weighted by atomic mass is 9.88. The molecule has 1 saturated carbocycles. The van der Waals surface area contributed by atoms with E-state index in [9.17, 15) is 0 Å². The molecule has 1 N–H and O–H groups in total. The van der Waals surface area contributed by atoms with Gasteiger partial charge in [-0.3, -0.25) is 0 Å². The van der Waals surface area contributed by atoms with Gasteiger partial charge in [0.1, 0.15) is 5.76 Å². The minimum Gasteiger partial charge on any atom is -0.466 e. The number of rotatable bonds is 5. The Balaban J connectivity index is 2.15. The standard InChI is InChI=1S/C14H22BrNO/c1-3-8-16-13(11-6-4-5-10(11)2)14-12(15)7-9-17-14/h7,9-11,13,16H,3-6,8H2,1-2H3. The maximum absolute atomic E-state index is 5.67. The minimum atomic E-state index is 0.372. The van der Waals surface area contributed by atoms with Crippen molar-refractivity contribution in [3.8, 4) is 0 Å². The average Bonchev–Trinajstić information content (AvgIpc) is 2.90. The second-order valence-corrected chi connectivity index (χ2v) is 5.99. The third-order valence-electron chi connectivity index (χ3n) is 3.90. The highest BCUT2D eigenvalue weighted by Crippen LogP contribution is 2.42. The Labute approximate surface area is 112 Å². The lowest BCUT2D eigenvalue weighted by Crippen LogP contribution is -2.30. The van der Waals surface area contributed by atoms with Gasteiger partial charge in [-0.2, -0.15) is 0 Å². The smallest absolute Gasteiger partial charge is 0.135 e. The van der Waals surface area contributed by atoms with Gasteiger partial charge in [-0.15, -0.1) is 0 Å². The van der Waals surface area contributed by atoms with Crippen LogP contribution in [-0.4, -0.2) is 6.54 Å². The third-order valence-corrected chi connectivity index (χ3v) is 4.55. The van der Waals surface area contributed by atoms with Gasteiger partial charge in [0.15, 0.2) is 0 Å². The number of nitrogens with one attached hydrogen (secondary N) is 1. The Hall–Kier alpha value is -0.280. The normalized spacial score (nSPS) is 26.3. The Bertz CT molecular complexity index is 350. The van der Waals surface area contributed by atoms with Gasteiger partial charge in [0.05, 0.1) is 16.8 Å². The largest absolute Gasteiger partial charge is 0.466 e. The zero-order chi connectivity index (χ0) is 12.3. The Morgan fingerprint density at radius 2 is 2.35 bits per heavy atom. The molecule has 1 heterocycles. The molecule has 2 nitrogen and oxygen atoms in total. The molecule has 0 amide bonds. The van der Waals surface area contributed by atoms with Crippen molar-refractivity contribution in [3.05, 3.63) is 22.6 Å². The first-order valence-corrected chi connectivity index (χ1v) is 7.49. The van der Waals surface area contributed by atoms with Gasteiger partial charge in [0.2, 0.25) is 0 Å². The van der Waals surface area contributed by atoms with Crippen LogP contribution in [0.3, 0.4) is 0 Å². The molecule has 1 aliphatic carbocycles. The highest BCUT2D eigenvalue weighted by Gasteiger charge is 2.34. The summed E-state index contributed by atoms with van der Waals surface area (Å²) in [4.78, 5) is 0. The molecule has 17 heavy (non-hydrogen) atoms. The van der Waals surface area contributed by atoms with Crippen LogP contribution in [0.4, 0.5) is 0 Å². The van der Waals surface area contributed by atoms with Crippen molar-refractivity contribution in [1.82, 2.24) is 5.32 Å². The second-order valence-electron chi connectivity index (χ2n) is 5.14. The highest BCUT2D eigenvalue weighted by molar-refractivity contribution is 9.10. The molecule has 3 atom stereocenters. The maximum atomic E-state index is 5.67. The van der Waals surface area contributed by atoms with Crippen LogP contribution in [0.1, 0.15) is 51.3 Å². The first kappa shape index (κ1) is 13.2. The monoisotopic (exact) mass is 299 g/mol. The lowest BCUT2D eigenvalue weighted by molar-refractivity contribution is 0.265. The van der Waals surface area contributed by atoms with Crippen LogP contribution in [0.15, 0.2) is 21.2 Å². The molecule has 1 aliphatic rings. The summed E-state index contributed by atoms with van der Waals surface area (Å²) in [5, 5.41) is 3.66. The van der Waals surface area contributed by atoms with Crippen LogP contribution in [-0.2, 0) is 0 Å². The van der Waals surface area contributed by atoms with Crippen LogP contribution in [0.2, 0.25) is 0 Å². The fourth-order valence-corrected chi connectivity index (χ4v) is 3.38. The van der Waals surface area contributed by atoms with E-state index in [0.717, 1.165) is 29.1 Å². The molecular formula is C14H22BrNO. The van der Waals surface area contributed by atoms with Crippen molar-refractivity contribution >= 4 is 15.9 Å². The molecule has 0 radical (unpaired) electrons. The summed E-state index contributed by atoms with van der Waals surface area (Å²) >= 11 is 3.59. The zero-order valence-corrected chi connectivity index (χ0v) is 12.3. The van der Waals surface area contributed by atoms with Crippen molar-refractivity contribution in [2.75, 3.05) is 6.54 Å². The highest BCUT2D eigenvalue weighted by atomic mass is 79.9. The van der Waals surface area contributed by atoms with E-state index in [1.807, 2.05) is 6.07 Å². The van der Waals surface area contributed by atoms with Crippen LogP contribution in [0.5, 0.6) is 0 Å². The molecule has 3 heteroatoms. The summed E-state index contributed by atoms with van der Waals surface area (Å²) in [5.74, 6) is 2.59. The zero-order valence-electron chi connectivity index (χ0n) is 10.7. The molecule has 0 bridgehead atoms. The molecular weight excluding hydrogens is 278 g/mol. The molecule has 0 aliphatic heterocycles. The van der Waals surface area contributed by atoms with E-state index in [1.54, 1.807) is 6.26 Å². The molecule has 3 unspecified atom stereocenters. The van der Waals surface area contributed by atoms with Crippen molar-refractivity contribution in [1.29, 1.82) is 0 Å². The van der Waals surface area contributed by atoms with E-state index in [0.29, 0.717) is 12.0 Å². The average molecular weight is 300 g/mol. The van der Waals surface area contributed by atoms with Crippen molar-refractivity contribution in [3.63, 3.8) is 0 Å². The van der Waals surface area contributed by atoms with E-state index in [4.69, 9.17) is 4.42 Å². The molecule has 0 saturated heterocycles. The van der Waals surface area contributed by atoms with Gasteiger partial charge >= 0.3 is 0 Å². The van der Waals surface area contributed by atoms with E-state index >= 15 is 0 Å². The topological polar surface area (TPSA) is 25.2 Å². The quantitative estimate of drug-likeness (QED) is 0.865. The van der Waals surface area contributed by atoms with E-state index in [-0.39, 0.29) is 0 Å². The van der Waals surface area contributed by atoms with Crippen LogP contribution < -0.4 is 5.32 Å². The van der Waals surface area contributed by atoms with Crippen LogP contribution in [0, 0.1) is 11.8 Å². The van der Waals surface area contributed by atoms with Crippen molar-refractivity contribution in [2.45, 2.75) is 45.6 Å². The van der Waals surface area contributed by atoms with Crippen molar-refractivity contribution < 1.29 is 4.42 Å². The SMILES string of the molecule is CCCNC(c1occc1Br)C1CCCC1C. The molecule has 1 aromatic heterocycles. The number of furan rings is 1. The van der Waals surface area contributed by atoms with Gasteiger partial charge < -0.3 is 9.73 Å². The molecule has 0 aromatic carbocycles. The van der Waals surface area contributed by atoms with E-state index in [2.05, 4.69) is 35.1 Å². The van der Waals surface area contributed by atoms with Gasteiger partial charge in [0, 0.05) is 0 Å². The van der Waals surface area contributed by atoms with Crippen LogP contribution in [0.25, 0.3) is 0 Å². The Morgan fingerprint density at radius 1 is 1.53 bits per heavy atom. The van der Waals surface area contributed by atoms with Gasteiger partial charge in [-0.25, -0.2) is 0 Å².